The SMILES string of the molecule is CCOC(=O)c1c(C)[nH]c(C)c1C(=O)CSc1nnc(C(C)N(C)C)n1-c1ccc(Cl)cc1. The van der Waals surface area contributed by atoms with Crippen molar-refractivity contribution < 1.29 is 14.3 Å². The van der Waals surface area contributed by atoms with Gasteiger partial charge in [-0.3, -0.25) is 14.3 Å². The van der Waals surface area contributed by atoms with Crippen molar-refractivity contribution in [2.24, 2.45) is 0 Å². The average molecular weight is 490 g/mol. The number of halogens is 1. The lowest BCUT2D eigenvalue weighted by Gasteiger charge is -2.20. The van der Waals surface area contributed by atoms with Crippen LogP contribution in [0.2, 0.25) is 5.02 Å². The number of nitrogens with one attached hydrogen (secondary N) is 1. The molecular weight excluding hydrogens is 462 g/mol. The topological polar surface area (TPSA) is 93.1 Å². The van der Waals surface area contributed by atoms with Gasteiger partial charge in [-0.1, -0.05) is 23.4 Å². The Morgan fingerprint density at radius 2 is 1.79 bits per heavy atom. The van der Waals surface area contributed by atoms with E-state index < -0.39 is 5.97 Å². The number of ketones is 1. The number of thioether (sulfide) groups is 1. The number of carbonyl (C=O) groups is 2. The van der Waals surface area contributed by atoms with Crippen molar-refractivity contribution in [3.05, 3.63) is 57.6 Å². The van der Waals surface area contributed by atoms with Crippen LogP contribution in [-0.2, 0) is 4.74 Å². The fourth-order valence-electron chi connectivity index (χ4n) is 3.50. The molecule has 176 valence electrons. The smallest absolute Gasteiger partial charge is 0.340 e. The quantitative estimate of drug-likeness (QED) is 0.266. The van der Waals surface area contributed by atoms with Crippen molar-refractivity contribution in [2.75, 3.05) is 26.5 Å². The zero-order chi connectivity index (χ0) is 24.3. The van der Waals surface area contributed by atoms with Gasteiger partial charge in [0.2, 0.25) is 0 Å². The fourth-order valence-corrected chi connectivity index (χ4v) is 4.46. The lowest BCUT2D eigenvalue weighted by Crippen LogP contribution is -2.20. The molecule has 0 saturated carbocycles. The minimum absolute atomic E-state index is 0.0109. The first-order chi connectivity index (χ1) is 15.6. The minimum Gasteiger partial charge on any atom is -0.462 e. The van der Waals surface area contributed by atoms with Crippen LogP contribution < -0.4 is 0 Å². The zero-order valence-electron chi connectivity index (χ0n) is 19.6. The first-order valence-electron chi connectivity index (χ1n) is 10.6. The monoisotopic (exact) mass is 489 g/mol. The number of hydrogen-bond donors (Lipinski definition) is 1. The van der Waals surface area contributed by atoms with Gasteiger partial charge in [0.1, 0.15) is 0 Å². The molecule has 0 aliphatic rings. The summed E-state index contributed by atoms with van der Waals surface area (Å²) in [6.07, 6.45) is 0. The van der Waals surface area contributed by atoms with Crippen LogP contribution in [0.25, 0.3) is 5.69 Å². The first kappa shape index (κ1) is 25.0. The number of rotatable bonds is 9. The third-order valence-corrected chi connectivity index (χ3v) is 6.54. The van der Waals surface area contributed by atoms with Crippen LogP contribution in [0.15, 0.2) is 29.4 Å². The Kier molecular flexibility index (Phi) is 7.99. The maximum atomic E-state index is 13.2. The second kappa shape index (κ2) is 10.5. The van der Waals surface area contributed by atoms with E-state index in [9.17, 15) is 9.59 Å². The van der Waals surface area contributed by atoms with Gasteiger partial charge in [0, 0.05) is 22.1 Å². The molecule has 1 unspecified atom stereocenters. The van der Waals surface area contributed by atoms with Crippen molar-refractivity contribution in [1.29, 1.82) is 0 Å². The summed E-state index contributed by atoms with van der Waals surface area (Å²) in [6, 6.07) is 7.38. The highest BCUT2D eigenvalue weighted by atomic mass is 35.5. The number of ether oxygens (including phenoxy) is 1. The number of hydrogen-bond acceptors (Lipinski definition) is 7. The molecule has 0 aliphatic carbocycles. The minimum atomic E-state index is -0.501. The van der Waals surface area contributed by atoms with E-state index >= 15 is 0 Å². The molecule has 33 heavy (non-hydrogen) atoms. The van der Waals surface area contributed by atoms with Crippen LogP contribution in [0.5, 0.6) is 0 Å². The normalized spacial score (nSPS) is 12.2. The van der Waals surface area contributed by atoms with Gasteiger partial charge >= 0.3 is 5.97 Å². The number of H-pyrrole nitrogens is 1. The van der Waals surface area contributed by atoms with Gasteiger partial charge in [-0.15, -0.1) is 10.2 Å². The predicted octanol–water partition coefficient (Wildman–Crippen LogP) is 4.64. The fraction of sp³-hybridized carbons (Fsp3) is 0.391. The summed E-state index contributed by atoms with van der Waals surface area (Å²) in [7, 11) is 3.94. The van der Waals surface area contributed by atoms with Crippen LogP contribution in [0, 0.1) is 13.8 Å². The van der Waals surface area contributed by atoms with E-state index in [4.69, 9.17) is 16.3 Å². The Hall–Kier alpha value is -2.62. The van der Waals surface area contributed by atoms with E-state index in [-0.39, 0.29) is 24.2 Å². The van der Waals surface area contributed by atoms with E-state index in [1.165, 1.54) is 11.8 Å². The van der Waals surface area contributed by atoms with E-state index in [1.54, 1.807) is 32.9 Å². The Labute approximate surface area is 202 Å². The summed E-state index contributed by atoms with van der Waals surface area (Å²) in [5.74, 6) is 0.155. The molecule has 1 atom stereocenters. The van der Waals surface area contributed by atoms with E-state index in [0.29, 0.717) is 32.7 Å². The Balaban J connectivity index is 1.93. The number of benzene rings is 1. The lowest BCUT2D eigenvalue weighted by molar-refractivity contribution is 0.0522. The van der Waals surface area contributed by atoms with Crippen molar-refractivity contribution in [3.63, 3.8) is 0 Å². The van der Waals surface area contributed by atoms with Crippen LogP contribution in [-0.4, -0.2) is 62.9 Å². The highest BCUT2D eigenvalue weighted by Crippen LogP contribution is 2.29. The number of esters is 1. The molecule has 3 rings (SSSR count). The average Bonchev–Trinajstić information content (AvgIpc) is 3.32. The molecule has 0 spiro atoms. The summed E-state index contributed by atoms with van der Waals surface area (Å²) >= 11 is 7.35. The third-order valence-electron chi connectivity index (χ3n) is 5.36. The number of Topliss-reactive ketones (excluding diaryl/α,β-unsaturated/α-hetero) is 1. The van der Waals surface area contributed by atoms with Crippen LogP contribution >= 0.6 is 23.4 Å². The highest BCUT2D eigenvalue weighted by Gasteiger charge is 2.27. The summed E-state index contributed by atoms with van der Waals surface area (Å²) in [5.41, 5.74) is 2.76. The Morgan fingerprint density at radius 3 is 2.39 bits per heavy atom. The molecule has 0 amide bonds. The highest BCUT2D eigenvalue weighted by molar-refractivity contribution is 7.99. The Morgan fingerprint density at radius 1 is 1.15 bits per heavy atom. The molecule has 0 saturated heterocycles. The molecular formula is C23H28ClN5O3S. The van der Waals surface area contributed by atoms with E-state index in [0.717, 1.165) is 11.5 Å². The first-order valence-corrected chi connectivity index (χ1v) is 11.9. The number of carbonyl (C=O) groups excluding carboxylic acids is 2. The van der Waals surface area contributed by atoms with Gasteiger partial charge in [0.15, 0.2) is 16.8 Å². The number of aromatic nitrogens is 4. The van der Waals surface area contributed by atoms with Crippen molar-refractivity contribution in [2.45, 2.75) is 38.9 Å². The summed E-state index contributed by atoms with van der Waals surface area (Å²) in [5, 5.41) is 9.98. The predicted molar refractivity (Wildman–Crippen MR) is 130 cm³/mol. The van der Waals surface area contributed by atoms with Crippen molar-refractivity contribution in [1.82, 2.24) is 24.6 Å². The summed E-state index contributed by atoms with van der Waals surface area (Å²) < 4.78 is 7.09. The summed E-state index contributed by atoms with van der Waals surface area (Å²) in [4.78, 5) is 30.8. The lowest BCUT2D eigenvalue weighted by atomic mass is 10.1. The summed E-state index contributed by atoms with van der Waals surface area (Å²) in [6.45, 7) is 7.55. The van der Waals surface area contributed by atoms with Crippen LogP contribution in [0.3, 0.4) is 0 Å². The van der Waals surface area contributed by atoms with Gasteiger partial charge in [0.05, 0.1) is 29.5 Å². The zero-order valence-corrected chi connectivity index (χ0v) is 21.2. The van der Waals surface area contributed by atoms with Gasteiger partial charge in [-0.2, -0.15) is 0 Å². The molecule has 2 aromatic heterocycles. The van der Waals surface area contributed by atoms with Crippen molar-refractivity contribution in [3.8, 4) is 5.69 Å². The maximum Gasteiger partial charge on any atom is 0.340 e. The third kappa shape index (κ3) is 5.31. The van der Waals surface area contributed by atoms with Gasteiger partial charge in [0.25, 0.3) is 0 Å². The standard InChI is InChI=1S/C23H28ClN5O3S/c1-7-32-22(31)20-14(3)25-13(2)19(20)18(30)12-33-23-27-26-21(15(4)28(5)6)29(23)17-10-8-16(24)9-11-17/h8-11,15,25H,7,12H2,1-6H3. The number of nitrogens with zero attached hydrogens (tertiary/aromatic N) is 4. The second-order valence-corrected chi connectivity index (χ2v) is 9.23. The van der Waals surface area contributed by atoms with Gasteiger partial charge in [-0.25, -0.2) is 4.79 Å². The largest absolute Gasteiger partial charge is 0.462 e. The Bertz CT molecular complexity index is 1150. The van der Waals surface area contributed by atoms with Crippen molar-refractivity contribution >= 4 is 35.1 Å². The molecule has 0 fully saturated rings. The van der Waals surface area contributed by atoms with Crippen LogP contribution in [0.1, 0.15) is 57.8 Å². The molecule has 3 aromatic rings. The molecule has 1 N–H and O–H groups in total. The second-order valence-electron chi connectivity index (χ2n) is 7.85. The van der Waals surface area contributed by atoms with Gasteiger partial charge < -0.3 is 9.72 Å². The maximum absolute atomic E-state index is 13.2. The molecule has 0 radical (unpaired) electrons. The van der Waals surface area contributed by atoms with E-state index in [2.05, 4.69) is 15.2 Å². The molecule has 10 heteroatoms. The molecule has 0 aliphatic heterocycles. The molecule has 8 nitrogen and oxygen atoms in total. The number of aryl methyl sites for hydroxylation is 2. The molecule has 2 heterocycles. The molecule has 0 bridgehead atoms. The van der Waals surface area contributed by atoms with Gasteiger partial charge in [-0.05, 0) is 66.1 Å². The van der Waals surface area contributed by atoms with Crippen LogP contribution in [0.4, 0.5) is 0 Å². The van der Waals surface area contributed by atoms with E-state index in [1.807, 2.05) is 42.6 Å². The molecule has 1 aromatic carbocycles. The number of aromatic amines is 1.